The van der Waals surface area contributed by atoms with Gasteiger partial charge in [-0.05, 0) is 42.0 Å². The summed E-state index contributed by atoms with van der Waals surface area (Å²) in [7, 11) is 0. The summed E-state index contributed by atoms with van der Waals surface area (Å²) >= 11 is 0. The Morgan fingerprint density at radius 3 is 2.48 bits per heavy atom. The van der Waals surface area contributed by atoms with Crippen LogP contribution in [0.15, 0.2) is 48.5 Å². The zero-order valence-electron chi connectivity index (χ0n) is 14.1. The Morgan fingerprint density at radius 1 is 1.00 bits per heavy atom. The number of hydrogen-bond donors (Lipinski definition) is 0. The van der Waals surface area contributed by atoms with Crippen LogP contribution in [0.3, 0.4) is 0 Å². The van der Waals surface area contributed by atoms with Gasteiger partial charge in [0.2, 0.25) is 0 Å². The summed E-state index contributed by atoms with van der Waals surface area (Å²) in [6.07, 6.45) is 5.94. The quantitative estimate of drug-likeness (QED) is 0.663. The lowest BCUT2D eigenvalue weighted by molar-refractivity contribution is 0.795. The van der Waals surface area contributed by atoms with Gasteiger partial charge in [0, 0.05) is 21.6 Å². The lowest BCUT2D eigenvalue weighted by atomic mass is 10.0. The molecule has 116 valence electrons. The van der Waals surface area contributed by atoms with E-state index < -0.39 is 0 Å². The molecule has 1 atom stereocenters. The highest BCUT2D eigenvalue weighted by molar-refractivity contribution is 5.84. The Kier molecular flexibility index (Phi) is 3.37. The Hall–Kier alpha value is -2.28. The van der Waals surface area contributed by atoms with E-state index in [0.717, 1.165) is 6.42 Å². The number of rotatable bonds is 2. The highest BCUT2D eigenvalue weighted by Crippen LogP contribution is 2.20. The fourth-order valence-electron chi connectivity index (χ4n) is 3.60. The standard InChI is InChI=1S/C22H23N/c1-15(2)17-9-11-18(12-10-17)23-21-7-5-4-6-19(21)20-14-16(3)8-13-22(20)23/h4-7,9-16H,8H2,1-3H3. The second kappa shape index (κ2) is 5.42. The fraction of sp³-hybridized carbons (Fsp3) is 0.273. The van der Waals surface area contributed by atoms with Gasteiger partial charge in [-0.25, -0.2) is 0 Å². The fourth-order valence-corrected chi connectivity index (χ4v) is 3.60. The maximum Gasteiger partial charge on any atom is 0.0540 e. The predicted octanol–water partition coefficient (Wildman–Crippen LogP) is 4.35. The number of hydrogen-bond acceptors (Lipinski definition) is 0. The molecule has 0 saturated heterocycles. The van der Waals surface area contributed by atoms with Gasteiger partial charge in [-0.1, -0.05) is 63.3 Å². The van der Waals surface area contributed by atoms with Gasteiger partial charge in [0.05, 0.1) is 5.52 Å². The molecule has 23 heavy (non-hydrogen) atoms. The molecule has 0 saturated carbocycles. The van der Waals surface area contributed by atoms with Crippen molar-refractivity contribution in [3.8, 4) is 5.69 Å². The molecule has 3 aromatic rings. The van der Waals surface area contributed by atoms with Crippen molar-refractivity contribution in [2.24, 2.45) is 5.92 Å². The number of fused-ring (bicyclic) bond motifs is 3. The van der Waals surface area contributed by atoms with Gasteiger partial charge in [0.25, 0.3) is 0 Å². The predicted molar refractivity (Wildman–Crippen MR) is 99.3 cm³/mol. The summed E-state index contributed by atoms with van der Waals surface area (Å²) in [6.45, 7) is 6.78. The first-order chi connectivity index (χ1) is 11.1. The van der Waals surface area contributed by atoms with Crippen LogP contribution in [0.5, 0.6) is 0 Å². The van der Waals surface area contributed by atoms with Crippen LogP contribution in [0.1, 0.15) is 38.7 Å². The largest absolute Gasteiger partial charge is 0.310 e. The minimum Gasteiger partial charge on any atom is -0.310 e. The molecule has 0 radical (unpaired) electrons. The van der Waals surface area contributed by atoms with Crippen molar-refractivity contribution in [3.63, 3.8) is 0 Å². The Morgan fingerprint density at radius 2 is 1.74 bits per heavy atom. The van der Waals surface area contributed by atoms with Gasteiger partial charge < -0.3 is 4.57 Å². The zero-order valence-corrected chi connectivity index (χ0v) is 14.1. The van der Waals surface area contributed by atoms with Crippen molar-refractivity contribution >= 4 is 23.1 Å². The molecule has 0 bridgehead atoms. The average Bonchev–Trinajstić information content (AvgIpc) is 2.89. The van der Waals surface area contributed by atoms with E-state index in [1.807, 2.05) is 0 Å². The maximum atomic E-state index is 2.43. The molecule has 0 aliphatic heterocycles. The van der Waals surface area contributed by atoms with Crippen molar-refractivity contribution in [3.05, 3.63) is 64.7 Å². The first-order valence-corrected chi connectivity index (χ1v) is 8.57. The van der Waals surface area contributed by atoms with Crippen LogP contribution in [0.4, 0.5) is 0 Å². The van der Waals surface area contributed by atoms with Crippen LogP contribution in [0.25, 0.3) is 28.7 Å². The Labute approximate surface area is 137 Å². The lowest BCUT2D eigenvalue weighted by Crippen LogP contribution is -2.31. The molecule has 0 spiro atoms. The molecule has 0 amide bonds. The normalized spacial score (nSPS) is 17.0. The summed E-state index contributed by atoms with van der Waals surface area (Å²) in [5.41, 5.74) is 3.95. The van der Waals surface area contributed by atoms with E-state index in [-0.39, 0.29) is 0 Å². The smallest absolute Gasteiger partial charge is 0.0540 e. The van der Waals surface area contributed by atoms with Crippen LogP contribution in [-0.4, -0.2) is 4.57 Å². The highest BCUT2D eigenvalue weighted by atomic mass is 15.0. The van der Waals surface area contributed by atoms with E-state index in [4.69, 9.17) is 0 Å². The third-order valence-corrected chi connectivity index (χ3v) is 4.90. The number of benzene rings is 2. The zero-order chi connectivity index (χ0) is 16.0. The van der Waals surface area contributed by atoms with E-state index in [1.165, 1.54) is 32.7 Å². The van der Waals surface area contributed by atoms with Crippen LogP contribution in [0.2, 0.25) is 0 Å². The van der Waals surface area contributed by atoms with E-state index >= 15 is 0 Å². The third kappa shape index (κ3) is 2.31. The van der Waals surface area contributed by atoms with Gasteiger partial charge in [0.1, 0.15) is 0 Å². The SMILES string of the molecule is CC1C=c2c(n(-c3ccc(C(C)C)cc3)c3ccccc23)=CC1. The van der Waals surface area contributed by atoms with Crippen LogP contribution < -0.4 is 10.6 Å². The topological polar surface area (TPSA) is 4.93 Å². The molecule has 1 aliphatic rings. The Balaban J connectivity index is 2.03. The van der Waals surface area contributed by atoms with Crippen LogP contribution in [-0.2, 0) is 0 Å². The third-order valence-electron chi connectivity index (χ3n) is 4.90. The van der Waals surface area contributed by atoms with Gasteiger partial charge >= 0.3 is 0 Å². The first-order valence-electron chi connectivity index (χ1n) is 8.57. The van der Waals surface area contributed by atoms with E-state index in [1.54, 1.807) is 0 Å². The maximum absolute atomic E-state index is 2.43. The second-order valence-corrected chi connectivity index (χ2v) is 6.98. The number of aromatic nitrogens is 1. The summed E-state index contributed by atoms with van der Waals surface area (Å²) in [4.78, 5) is 0. The summed E-state index contributed by atoms with van der Waals surface area (Å²) in [6, 6.07) is 17.8. The van der Waals surface area contributed by atoms with Crippen LogP contribution >= 0.6 is 0 Å². The van der Waals surface area contributed by atoms with Crippen molar-refractivity contribution in [2.45, 2.75) is 33.1 Å². The highest BCUT2D eigenvalue weighted by Gasteiger charge is 2.13. The molecule has 4 rings (SSSR count). The minimum atomic E-state index is 0.570. The van der Waals surface area contributed by atoms with Crippen LogP contribution in [0, 0.1) is 5.92 Å². The second-order valence-electron chi connectivity index (χ2n) is 6.98. The van der Waals surface area contributed by atoms with Crippen molar-refractivity contribution in [1.29, 1.82) is 0 Å². The first kappa shape index (κ1) is 14.3. The minimum absolute atomic E-state index is 0.570. The molecule has 1 heteroatoms. The summed E-state index contributed by atoms with van der Waals surface area (Å²) < 4.78 is 2.41. The molecule has 1 aliphatic carbocycles. The molecular formula is C22H23N. The van der Waals surface area contributed by atoms with Gasteiger partial charge in [-0.15, -0.1) is 0 Å². The van der Waals surface area contributed by atoms with E-state index in [0.29, 0.717) is 11.8 Å². The van der Waals surface area contributed by atoms with Crippen molar-refractivity contribution in [1.82, 2.24) is 4.57 Å². The molecule has 1 aromatic heterocycles. The molecule has 0 fully saturated rings. The van der Waals surface area contributed by atoms with Crippen molar-refractivity contribution < 1.29 is 0 Å². The van der Waals surface area contributed by atoms with E-state index in [9.17, 15) is 0 Å². The molecular weight excluding hydrogens is 278 g/mol. The van der Waals surface area contributed by atoms with E-state index in [2.05, 4.69) is 86.0 Å². The number of para-hydroxylation sites is 1. The summed E-state index contributed by atoms with van der Waals surface area (Å²) in [5.74, 6) is 1.19. The molecule has 0 N–H and O–H groups in total. The van der Waals surface area contributed by atoms with Crippen molar-refractivity contribution in [2.75, 3.05) is 0 Å². The average molecular weight is 301 g/mol. The molecule has 1 unspecified atom stereocenters. The Bertz CT molecular complexity index is 971. The monoisotopic (exact) mass is 301 g/mol. The summed E-state index contributed by atoms with van der Waals surface area (Å²) in [5, 5.41) is 4.10. The molecule has 2 aromatic carbocycles. The molecule has 1 heterocycles. The van der Waals surface area contributed by atoms with Gasteiger partial charge in [-0.3, -0.25) is 0 Å². The van der Waals surface area contributed by atoms with Gasteiger partial charge in [0.15, 0.2) is 0 Å². The molecule has 1 nitrogen and oxygen atoms in total. The van der Waals surface area contributed by atoms with Gasteiger partial charge in [-0.2, -0.15) is 0 Å². The lowest BCUT2D eigenvalue weighted by Gasteiger charge is -2.11. The number of nitrogens with zero attached hydrogens (tertiary/aromatic N) is 1.